The maximum atomic E-state index is 11.9. The van der Waals surface area contributed by atoms with Crippen molar-refractivity contribution in [1.29, 1.82) is 0 Å². The van der Waals surface area contributed by atoms with Crippen molar-refractivity contribution in [3.8, 4) is 5.75 Å². The van der Waals surface area contributed by atoms with Crippen LogP contribution in [0.25, 0.3) is 0 Å². The topological polar surface area (TPSA) is 51.5 Å². The van der Waals surface area contributed by atoms with Gasteiger partial charge in [0.1, 0.15) is 11.5 Å². The second kappa shape index (κ2) is 5.45. The lowest BCUT2D eigenvalue weighted by molar-refractivity contribution is -0.116. The molecule has 1 aliphatic rings. The fourth-order valence-corrected chi connectivity index (χ4v) is 2.71. The van der Waals surface area contributed by atoms with E-state index in [4.69, 9.17) is 20.8 Å². The van der Waals surface area contributed by atoms with Crippen LogP contribution in [-0.2, 0) is 4.79 Å². The summed E-state index contributed by atoms with van der Waals surface area (Å²) in [6.45, 7) is 3.93. The lowest BCUT2D eigenvalue weighted by Crippen LogP contribution is -2.23. The third-order valence-electron chi connectivity index (χ3n) is 3.37. The van der Waals surface area contributed by atoms with E-state index in [-0.39, 0.29) is 17.9 Å². The Bertz CT molecular complexity index is 678. The van der Waals surface area contributed by atoms with Crippen LogP contribution in [0, 0.1) is 0 Å². The number of furan rings is 1. The van der Waals surface area contributed by atoms with Crippen molar-refractivity contribution >= 4 is 23.2 Å². The second-order valence-electron chi connectivity index (χ2n) is 5.36. The number of fused-ring (bicyclic) bond motifs is 1. The zero-order chi connectivity index (χ0) is 15.0. The third-order valence-corrected chi connectivity index (χ3v) is 3.58. The van der Waals surface area contributed by atoms with Crippen LogP contribution < -0.4 is 10.1 Å². The molecular weight excluding hydrogens is 290 g/mol. The van der Waals surface area contributed by atoms with Crippen molar-refractivity contribution in [2.24, 2.45) is 0 Å². The lowest BCUT2D eigenvalue weighted by atomic mass is 9.88. The summed E-state index contributed by atoms with van der Waals surface area (Å²) in [5.74, 6) is 1.28. The minimum absolute atomic E-state index is 0.0401. The number of benzene rings is 1. The van der Waals surface area contributed by atoms with Gasteiger partial charge in [-0.05, 0) is 49.2 Å². The van der Waals surface area contributed by atoms with E-state index in [1.165, 1.54) is 0 Å². The molecule has 1 aliphatic heterocycles. The van der Waals surface area contributed by atoms with Crippen LogP contribution in [-0.4, -0.2) is 12.0 Å². The van der Waals surface area contributed by atoms with Crippen molar-refractivity contribution in [3.05, 3.63) is 46.9 Å². The van der Waals surface area contributed by atoms with Gasteiger partial charge in [-0.25, -0.2) is 0 Å². The summed E-state index contributed by atoms with van der Waals surface area (Å²) in [5, 5.41) is 3.22. The van der Waals surface area contributed by atoms with E-state index in [1.807, 2.05) is 38.1 Å². The first-order valence-corrected chi connectivity index (χ1v) is 7.26. The summed E-state index contributed by atoms with van der Waals surface area (Å²) >= 11 is 5.84. The molecule has 0 bridgehead atoms. The molecule has 0 saturated carbocycles. The average Bonchev–Trinajstić information content (AvgIpc) is 2.83. The van der Waals surface area contributed by atoms with Gasteiger partial charge in [-0.3, -0.25) is 4.79 Å². The van der Waals surface area contributed by atoms with Crippen molar-refractivity contribution in [1.82, 2.24) is 0 Å². The molecule has 0 radical (unpaired) electrons. The molecule has 0 fully saturated rings. The van der Waals surface area contributed by atoms with E-state index >= 15 is 0 Å². The molecule has 1 atom stereocenters. The van der Waals surface area contributed by atoms with Gasteiger partial charge in [0.15, 0.2) is 5.22 Å². The molecule has 3 rings (SSSR count). The number of ether oxygens (including phenoxy) is 1. The molecule has 1 N–H and O–H groups in total. The van der Waals surface area contributed by atoms with Gasteiger partial charge in [0.2, 0.25) is 5.91 Å². The van der Waals surface area contributed by atoms with Gasteiger partial charge < -0.3 is 14.5 Å². The molecule has 1 aromatic heterocycles. The van der Waals surface area contributed by atoms with Crippen molar-refractivity contribution in [3.63, 3.8) is 0 Å². The number of hydrogen-bond donors (Lipinski definition) is 1. The van der Waals surface area contributed by atoms with E-state index in [9.17, 15) is 4.79 Å². The Morgan fingerprint density at radius 1 is 1.33 bits per heavy atom. The monoisotopic (exact) mass is 305 g/mol. The molecule has 110 valence electrons. The summed E-state index contributed by atoms with van der Waals surface area (Å²) in [6, 6.07) is 9.23. The van der Waals surface area contributed by atoms with Crippen LogP contribution >= 0.6 is 11.6 Å². The van der Waals surface area contributed by atoms with E-state index in [0.29, 0.717) is 17.4 Å². The highest BCUT2D eigenvalue weighted by Gasteiger charge is 2.29. The molecule has 1 aromatic carbocycles. The Hall–Kier alpha value is -1.94. The number of anilines is 1. The summed E-state index contributed by atoms with van der Waals surface area (Å²) in [5.41, 5.74) is 1.78. The number of carbonyl (C=O) groups is 1. The summed E-state index contributed by atoms with van der Waals surface area (Å²) in [7, 11) is 0. The number of hydrogen-bond acceptors (Lipinski definition) is 3. The van der Waals surface area contributed by atoms with Gasteiger partial charge >= 0.3 is 0 Å². The molecule has 2 heterocycles. The molecule has 5 heteroatoms. The quantitative estimate of drug-likeness (QED) is 0.925. The predicted molar refractivity (Wildman–Crippen MR) is 81.0 cm³/mol. The van der Waals surface area contributed by atoms with Crippen LogP contribution in [0.2, 0.25) is 5.22 Å². The number of carbonyl (C=O) groups excluding carboxylic acids is 1. The van der Waals surface area contributed by atoms with Gasteiger partial charge in [0.25, 0.3) is 0 Å². The van der Waals surface area contributed by atoms with Crippen LogP contribution in [0.15, 0.2) is 34.7 Å². The molecule has 0 aliphatic carbocycles. The first-order valence-electron chi connectivity index (χ1n) is 6.88. The number of halogens is 1. The molecular formula is C16H16ClNO3. The van der Waals surface area contributed by atoms with Crippen LogP contribution in [0.4, 0.5) is 5.69 Å². The molecule has 0 saturated heterocycles. The predicted octanol–water partition coefficient (Wildman–Crippen LogP) is 4.19. The fourth-order valence-electron chi connectivity index (χ4n) is 2.56. The summed E-state index contributed by atoms with van der Waals surface area (Å²) in [4.78, 5) is 11.9. The Kier molecular flexibility index (Phi) is 3.64. The van der Waals surface area contributed by atoms with Gasteiger partial charge in [-0.1, -0.05) is 6.07 Å². The fraction of sp³-hybridized carbons (Fsp3) is 0.312. The van der Waals surface area contributed by atoms with Crippen LogP contribution in [0.5, 0.6) is 5.75 Å². The number of amides is 1. The zero-order valence-corrected chi connectivity index (χ0v) is 12.6. The standard InChI is InChI=1S/C16H16ClNO3/c1-9(2)20-10-3-4-11-12(14-5-6-15(17)21-14)8-16(19)18-13(11)7-10/h3-7,9,12H,8H2,1-2H3,(H,18,19). The average molecular weight is 306 g/mol. The van der Waals surface area contributed by atoms with Crippen molar-refractivity contribution in [2.45, 2.75) is 32.3 Å². The minimum atomic E-state index is -0.116. The van der Waals surface area contributed by atoms with Gasteiger partial charge in [0, 0.05) is 18.2 Å². The Morgan fingerprint density at radius 3 is 2.81 bits per heavy atom. The SMILES string of the molecule is CC(C)Oc1ccc2c(c1)NC(=O)CC2c1ccc(Cl)o1. The van der Waals surface area contributed by atoms with E-state index < -0.39 is 0 Å². The smallest absolute Gasteiger partial charge is 0.225 e. The van der Waals surface area contributed by atoms with E-state index in [1.54, 1.807) is 6.07 Å². The van der Waals surface area contributed by atoms with E-state index in [2.05, 4.69) is 5.32 Å². The maximum absolute atomic E-state index is 11.9. The summed E-state index contributed by atoms with van der Waals surface area (Å²) < 4.78 is 11.1. The first-order chi connectivity index (χ1) is 10.0. The Balaban J connectivity index is 1.99. The normalized spacial score (nSPS) is 17.5. The lowest BCUT2D eigenvalue weighted by Gasteiger charge is -2.25. The highest BCUT2D eigenvalue weighted by molar-refractivity contribution is 6.28. The van der Waals surface area contributed by atoms with Gasteiger partial charge in [-0.2, -0.15) is 0 Å². The molecule has 4 nitrogen and oxygen atoms in total. The third kappa shape index (κ3) is 2.90. The maximum Gasteiger partial charge on any atom is 0.225 e. The Morgan fingerprint density at radius 2 is 2.14 bits per heavy atom. The number of nitrogens with one attached hydrogen (secondary N) is 1. The summed E-state index contributed by atoms with van der Waals surface area (Å²) in [6.07, 6.45) is 0.434. The highest BCUT2D eigenvalue weighted by atomic mass is 35.5. The molecule has 2 aromatic rings. The van der Waals surface area contributed by atoms with Gasteiger partial charge in [0.05, 0.1) is 12.0 Å². The van der Waals surface area contributed by atoms with E-state index in [0.717, 1.165) is 17.0 Å². The van der Waals surface area contributed by atoms with Crippen LogP contribution in [0.3, 0.4) is 0 Å². The Labute approximate surface area is 128 Å². The molecule has 1 unspecified atom stereocenters. The van der Waals surface area contributed by atoms with Crippen molar-refractivity contribution in [2.75, 3.05) is 5.32 Å². The molecule has 21 heavy (non-hydrogen) atoms. The minimum Gasteiger partial charge on any atom is -0.491 e. The zero-order valence-electron chi connectivity index (χ0n) is 11.9. The largest absolute Gasteiger partial charge is 0.491 e. The number of rotatable bonds is 3. The molecule has 1 amide bonds. The first kappa shape index (κ1) is 14.0. The van der Waals surface area contributed by atoms with Gasteiger partial charge in [-0.15, -0.1) is 0 Å². The highest BCUT2D eigenvalue weighted by Crippen LogP contribution is 2.39. The van der Waals surface area contributed by atoms with Crippen LogP contribution in [0.1, 0.15) is 37.5 Å². The van der Waals surface area contributed by atoms with Crippen molar-refractivity contribution < 1.29 is 13.9 Å². The second-order valence-corrected chi connectivity index (χ2v) is 5.73. The molecule has 0 spiro atoms.